The number of amides is 1. The van der Waals surface area contributed by atoms with Crippen LogP contribution in [0.3, 0.4) is 0 Å². The summed E-state index contributed by atoms with van der Waals surface area (Å²) < 4.78 is 5.03. The second kappa shape index (κ2) is 7.63. The SMILES string of the molecule is COc1cc(CN(C)C(=O)CCCCO)ccc1O. The highest BCUT2D eigenvalue weighted by molar-refractivity contribution is 5.75. The third-order valence-electron chi connectivity index (χ3n) is 2.89. The fourth-order valence-electron chi connectivity index (χ4n) is 1.76. The number of methoxy groups -OCH3 is 1. The highest BCUT2D eigenvalue weighted by Gasteiger charge is 2.10. The quantitative estimate of drug-likeness (QED) is 0.735. The van der Waals surface area contributed by atoms with Crippen molar-refractivity contribution in [3.05, 3.63) is 23.8 Å². The number of hydrogen-bond acceptors (Lipinski definition) is 4. The van der Waals surface area contributed by atoms with Crippen molar-refractivity contribution in [2.24, 2.45) is 0 Å². The maximum atomic E-state index is 11.8. The molecule has 19 heavy (non-hydrogen) atoms. The van der Waals surface area contributed by atoms with Crippen molar-refractivity contribution in [2.75, 3.05) is 20.8 Å². The van der Waals surface area contributed by atoms with Crippen LogP contribution in [0, 0.1) is 0 Å². The van der Waals surface area contributed by atoms with E-state index < -0.39 is 0 Å². The number of ether oxygens (including phenoxy) is 1. The molecule has 0 atom stereocenters. The third kappa shape index (κ3) is 4.79. The van der Waals surface area contributed by atoms with E-state index in [0.29, 0.717) is 31.6 Å². The predicted octanol–water partition coefficient (Wildman–Crippen LogP) is 1.52. The summed E-state index contributed by atoms with van der Waals surface area (Å²) in [5.74, 6) is 0.530. The molecule has 0 aromatic heterocycles. The summed E-state index contributed by atoms with van der Waals surface area (Å²) in [5, 5.41) is 18.2. The highest BCUT2D eigenvalue weighted by Crippen LogP contribution is 2.26. The van der Waals surface area contributed by atoms with Gasteiger partial charge in [0.1, 0.15) is 0 Å². The number of aliphatic hydroxyl groups excluding tert-OH is 1. The van der Waals surface area contributed by atoms with Crippen molar-refractivity contribution in [1.82, 2.24) is 4.90 Å². The smallest absolute Gasteiger partial charge is 0.222 e. The summed E-state index contributed by atoms with van der Waals surface area (Å²) in [5.41, 5.74) is 0.896. The number of aliphatic hydroxyl groups is 1. The van der Waals surface area contributed by atoms with Crippen LogP contribution < -0.4 is 4.74 Å². The third-order valence-corrected chi connectivity index (χ3v) is 2.89. The fourth-order valence-corrected chi connectivity index (χ4v) is 1.76. The van der Waals surface area contributed by atoms with Crippen molar-refractivity contribution in [3.63, 3.8) is 0 Å². The Morgan fingerprint density at radius 1 is 1.37 bits per heavy atom. The lowest BCUT2D eigenvalue weighted by molar-refractivity contribution is -0.130. The van der Waals surface area contributed by atoms with E-state index in [1.54, 1.807) is 30.1 Å². The largest absolute Gasteiger partial charge is 0.504 e. The Morgan fingerprint density at radius 2 is 2.11 bits per heavy atom. The molecule has 2 N–H and O–H groups in total. The van der Waals surface area contributed by atoms with E-state index in [-0.39, 0.29) is 18.3 Å². The Bertz CT molecular complexity index is 420. The molecule has 0 spiro atoms. The lowest BCUT2D eigenvalue weighted by Crippen LogP contribution is -2.25. The molecule has 0 aliphatic heterocycles. The van der Waals surface area contributed by atoms with Crippen molar-refractivity contribution >= 4 is 5.91 Å². The molecule has 0 bridgehead atoms. The van der Waals surface area contributed by atoms with Crippen molar-refractivity contribution < 1.29 is 19.7 Å². The molecule has 0 heterocycles. The predicted molar refractivity (Wildman–Crippen MR) is 72.1 cm³/mol. The van der Waals surface area contributed by atoms with Gasteiger partial charge in [0.25, 0.3) is 0 Å². The van der Waals surface area contributed by atoms with E-state index in [1.165, 1.54) is 7.11 Å². The van der Waals surface area contributed by atoms with Gasteiger partial charge in [0, 0.05) is 26.6 Å². The van der Waals surface area contributed by atoms with Crippen molar-refractivity contribution in [1.29, 1.82) is 0 Å². The van der Waals surface area contributed by atoms with Gasteiger partial charge in [0.05, 0.1) is 7.11 Å². The van der Waals surface area contributed by atoms with Gasteiger partial charge >= 0.3 is 0 Å². The first-order chi connectivity index (χ1) is 9.08. The zero-order valence-electron chi connectivity index (χ0n) is 11.4. The Labute approximate surface area is 113 Å². The van der Waals surface area contributed by atoms with Crippen LogP contribution in [0.4, 0.5) is 0 Å². The van der Waals surface area contributed by atoms with E-state index in [9.17, 15) is 9.90 Å². The lowest BCUT2D eigenvalue weighted by Gasteiger charge is -2.17. The van der Waals surface area contributed by atoms with Gasteiger partial charge in [-0.1, -0.05) is 6.07 Å². The number of carbonyl (C=O) groups excluding carboxylic acids is 1. The van der Waals surface area contributed by atoms with Gasteiger partial charge in [-0.05, 0) is 30.5 Å². The zero-order valence-corrected chi connectivity index (χ0v) is 11.4. The second-order valence-electron chi connectivity index (χ2n) is 4.44. The second-order valence-corrected chi connectivity index (χ2v) is 4.44. The normalized spacial score (nSPS) is 10.3. The van der Waals surface area contributed by atoms with Crippen molar-refractivity contribution in [3.8, 4) is 11.5 Å². The highest BCUT2D eigenvalue weighted by atomic mass is 16.5. The number of aromatic hydroxyl groups is 1. The van der Waals surface area contributed by atoms with Crippen LogP contribution in [0.1, 0.15) is 24.8 Å². The monoisotopic (exact) mass is 267 g/mol. The maximum Gasteiger partial charge on any atom is 0.222 e. The standard InChI is InChI=1S/C14H21NO4/c1-15(14(18)5-3-4-8-16)10-11-6-7-12(17)13(9-11)19-2/h6-7,9,16-17H,3-5,8,10H2,1-2H3. The minimum Gasteiger partial charge on any atom is -0.504 e. The van der Waals surface area contributed by atoms with E-state index >= 15 is 0 Å². The molecule has 0 saturated heterocycles. The molecular formula is C14H21NO4. The first-order valence-electron chi connectivity index (χ1n) is 6.29. The molecule has 0 aliphatic rings. The molecule has 1 aromatic rings. The maximum absolute atomic E-state index is 11.8. The molecule has 1 aromatic carbocycles. The van der Waals surface area contributed by atoms with Gasteiger partial charge in [0.15, 0.2) is 11.5 Å². The van der Waals surface area contributed by atoms with Crippen LogP contribution in [0.5, 0.6) is 11.5 Å². The molecule has 0 fully saturated rings. The average molecular weight is 267 g/mol. The van der Waals surface area contributed by atoms with Gasteiger partial charge < -0.3 is 19.8 Å². The molecule has 1 rings (SSSR count). The molecule has 106 valence electrons. The number of benzene rings is 1. The van der Waals surface area contributed by atoms with Crippen LogP contribution in [0.25, 0.3) is 0 Å². The average Bonchev–Trinajstić information content (AvgIpc) is 2.41. The Hall–Kier alpha value is -1.75. The summed E-state index contributed by atoms with van der Waals surface area (Å²) in [6.07, 6.45) is 1.78. The number of nitrogens with zero attached hydrogens (tertiary/aromatic N) is 1. The van der Waals surface area contributed by atoms with E-state index in [1.807, 2.05) is 0 Å². The summed E-state index contributed by atoms with van der Waals surface area (Å²) in [6, 6.07) is 5.03. The molecule has 5 nitrogen and oxygen atoms in total. The number of hydrogen-bond donors (Lipinski definition) is 2. The Morgan fingerprint density at radius 3 is 2.74 bits per heavy atom. The minimum absolute atomic E-state index is 0.0421. The summed E-state index contributed by atoms with van der Waals surface area (Å²) in [4.78, 5) is 13.4. The number of carbonyl (C=O) groups is 1. The van der Waals surface area contributed by atoms with E-state index in [4.69, 9.17) is 9.84 Å². The number of rotatable bonds is 7. The first-order valence-corrected chi connectivity index (χ1v) is 6.29. The van der Waals surface area contributed by atoms with Crippen LogP contribution >= 0.6 is 0 Å². The van der Waals surface area contributed by atoms with Gasteiger partial charge in [-0.2, -0.15) is 0 Å². The van der Waals surface area contributed by atoms with Crippen molar-refractivity contribution in [2.45, 2.75) is 25.8 Å². The number of phenols is 1. The summed E-state index contributed by atoms with van der Waals surface area (Å²) in [7, 11) is 3.23. The molecule has 5 heteroatoms. The van der Waals surface area contributed by atoms with E-state index in [0.717, 1.165) is 5.56 Å². The van der Waals surface area contributed by atoms with E-state index in [2.05, 4.69) is 0 Å². The van der Waals surface area contributed by atoms with Crippen LogP contribution in [0.15, 0.2) is 18.2 Å². The first kappa shape index (κ1) is 15.3. The Kier molecular flexibility index (Phi) is 6.15. The molecule has 0 aliphatic carbocycles. The van der Waals surface area contributed by atoms with Crippen LogP contribution in [-0.2, 0) is 11.3 Å². The molecular weight excluding hydrogens is 246 g/mol. The summed E-state index contributed by atoms with van der Waals surface area (Å²) in [6.45, 7) is 0.584. The van der Waals surface area contributed by atoms with Gasteiger partial charge in [-0.15, -0.1) is 0 Å². The topological polar surface area (TPSA) is 70.0 Å². The van der Waals surface area contributed by atoms with Gasteiger partial charge in [-0.3, -0.25) is 4.79 Å². The lowest BCUT2D eigenvalue weighted by atomic mass is 10.1. The minimum atomic E-state index is 0.0421. The number of phenolic OH excluding ortho intramolecular Hbond substituents is 1. The molecule has 0 saturated carbocycles. The van der Waals surface area contributed by atoms with Crippen LogP contribution in [0.2, 0.25) is 0 Å². The number of unbranched alkanes of at least 4 members (excludes halogenated alkanes) is 1. The zero-order chi connectivity index (χ0) is 14.3. The summed E-state index contributed by atoms with van der Waals surface area (Å²) >= 11 is 0. The Balaban J connectivity index is 2.56. The fraction of sp³-hybridized carbons (Fsp3) is 0.500. The molecule has 1 amide bonds. The van der Waals surface area contributed by atoms with Gasteiger partial charge in [0.2, 0.25) is 5.91 Å². The van der Waals surface area contributed by atoms with Gasteiger partial charge in [-0.25, -0.2) is 0 Å². The molecule has 0 radical (unpaired) electrons. The molecule has 0 unspecified atom stereocenters. The van der Waals surface area contributed by atoms with Crippen LogP contribution in [-0.4, -0.2) is 41.8 Å².